The van der Waals surface area contributed by atoms with Gasteiger partial charge in [-0.15, -0.1) is 0 Å². The lowest BCUT2D eigenvalue weighted by molar-refractivity contribution is -0.117. The van der Waals surface area contributed by atoms with E-state index in [4.69, 9.17) is 0 Å². The van der Waals surface area contributed by atoms with Gasteiger partial charge in [-0.25, -0.2) is 0 Å². The van der Waals surface area contributed by atoms with Gasteiger partial charge in [0.1, 0.15) is 0 Å². The van der Waals surface area contributed by atoms with Crippen LogP contribution in [-0.4, -0.2) is 23.9 Å². The highest BCUT2D eigenvalue weighted by Gasteiger charge is 2.29. The van der Waals surface area contributed by atoms with Gasteiger partial charge in [-0.05, 0) is 60.6 Å². The molecule has 0 atom stereocenters. The largest absolute Gasteiger partial charge is 0.446 e. The maximum Gasteiger partial charge on any atom is 0.446 e. The van der Waals surface area contributed by atoms with E-state index in [1.807, 2.05) is 0 Å². The highest BCUT2D eigenvalue weighted by atomic mass is 32.2. The molecule has 2 aromatic carbocycles. The van der Waals surface area contributed by atoms with Gasteiger partial charge in [0, 0.05) is 34.8 Å². The second-order valence-electron chi connectivity index (χ2n) is 5.73. The zero-order valence-corrected chi connectivity index (χ0v) is 14.4. The van der Waals surface area contributed by atoms with E-state index >= 15 is 0 Å². The first-order valence-electron chi connectivity index (χ1n) is 7.89. The third-order valence-electron chi connectivity index (χ3n) is 3.84. The van der Waals surface area contributed by atoms with Crippen molar-refractivity contribution >= 4 is 35.0 Å². The van der Waals surface area contributed by atoms with Gasteiger partial charge >= 0.3 is 5.51 Å². The van der Waals surface area contributed by atoms with Crippen molar-refractivity contribution < 1.29 is 22.8 Å². The van der Waals surface area contributed by atoms with E-state index in [1.54, 1.807) is 29.2 Å². The molecular formula is C18H15F3N2O2S. The summed E-state index contributed by atoms with van der Waals surface area (Å²) < 4.78 is 37.0. The number of halogens is 3. The fourth-order valence-electron chi connectivity index (χ4n) is 2.68. The summed E-state index contributed by atoms with van der Waals surface area (Å²) in [4.78, 5) is 25.8. The third-order valence-corrected chi connectivity index (χ3v) is 4.58. The average Bonchev–Trinajstić information content (AvgIpc) is 3.00. The number of benzene rings is 2. The van der Waals surface area contributed by atoms with E-state index in [9.17, 15) is 22.8 Å². The Morgan fingerprint density at radius 2 is 1.85 bits per heavy atom. The molecule has 1 heterocycles. The highest BCUT2D eigenvalue weighted by Crippen LogP contribution is 2.36. The van der Waals surface area contributed by atoms with E-state index in [0.717, 1.165) is 6.42 Å². The minimum atomic E-state index is -4.36. The van der Waals surface area contributed by atoms with Crippen LogP contribution >= 0.6 is 11.8 Å². The molecule has 3 rings (SSSR count). The molecule has 0 aliphatic carbocycles. The van der Waals surface area contributed by atoms with Gasteiger partial charge in [0.05, 0.1) is 0 Å². The summed E-state index contributed by atoms with van der Waals surface area (Å²) in [5.41, 5.74) is -2.89. The van der Waals surface area contributed by atoms with Gasteiger partial charge in [0.15, 0.2) is 0 Å². The average molecular weight is 380 g/mol. The Morgan fingerprint density at radius 1 is 1.12 bits per heavy atom. The van der Waals surface area contributed by atoms with E-state index in [1.165, 1.54) is 24.3 Å². The molecule has 1 N–H and O–H groups in total. The Labute approximate surface area is 152 Å². The fourth-order valence-corrected chi connectivity index (χ4v) is 3.22. The van der Waals surface area contributed by atoms with Crippen LogP contribution in [0.1, 0.15) is 23.2 Å². The van der Waals surface area contributed by atoms with Crippen molar-refractivity contribution in [2.24, 2.45) is 0 Å². The summed E-state index contributed by atoms with van der Waals surface area (Å²) >= 11 is -0.228. The molecule has 2 amide bonds. The number of hydrogen-bond acceptors (Lipinski definition) is 3. The second kappa shape index (κ2) is 7.41. The predicted molar refractivity (Wildman–Crippen MR) is 94.3 cm³/mol. The number of hydrogen-bond donors (Lipinski definition) is 1. The monoisotopic (exact) mass is 380 g/mol. The lowest BCUT2D eigenvalue weighted by Gasteiger charge is -2.16. The number of thioether (sulfide) groups is 1. The number of nitrogens with zero attached hydrogens (tertiary/aromatic N) is 1. The topological polar surface area (TPSA) is 49.4 Å². The maximum absolute atomic E-state index is 12.3. The number of nitrogens with one attached hydrogen (secondary N) is 1. The molecular weight excluding hydrogens is 365 g/mol. The van der Waals surface area contributed by atoms with E-state index in [2.05, 4.69) is 5.32 Å². The van der Waals surface area contributed by atoms with Crippen molar-refractivity contribution in [3.63, 3.8) is 0 Å². The van der Waals surface area contributed by atoms with Gasteiger partial charge < -0.3 is 10.2 Å². The Morgan fingerprint density at radius 3 is 2.46 bits per heavy atom. The Bertz CT molecular complexity index is 822. The summed E-state index contributed by atoms with van der Waals surface area (Å²) in [6.07, 6.45) is 1.32. The molecule has 1 saturated heterocycles. The number of carbonyl (C=O) groups is 2. The molecule has 0 radical (unpaired) electrons. The Balaban J connectivity index is 1.69. The van der Waals surface area contributed by atoms with Crippen LogP contribution in [0.5, 0.6) is 0 Å². The second-order valence-corrected chi connectivity index (χ2v) is 6.86. The molecule has 0 saturated carbocycles. The van der Waals surface area contributed by atoms with Crippen molar-refractivity contribution in [2.45, 2.75) is 23.2 Å². The standard InChI is InChI=1S/C18H15F3N2O2S/c19-18(20,21)26-15-8-6-12(7-9-15)17(25)22-13-3-1-4-14(11-13)23-10-2-5-16(23)24/h1,3-4,6-9,11H,2,5,10H2,(H,22,25). The SMILES string of the molecule is O=C(Nc1cccc(N2CCCC2=O)c1)c1ccc(SC(F)(F)F)cc1. The lowest BCUT2D eigenvalue weighted by Crippen LogP contribution is -2.23. The van der Waals surface area contributed by atoms with Crippen LogP contribution in [-0.2, 0) is 4.79 Å². The molecule has 26 heavy (non-hydrogen) atoms. The number of anilines is 2. The van der Waals surface area contributed by atoms with Crippen molar-refractivity contribution in [1.82, 2.24) is 0 Å². The first kappa shape index (κ1) is 18.3. The summed E-state index contributed by atoms with van der Waals surface area (Å²) in [5, 5.41) is 2.70. The van der Waals surface area contributed by atoms with Crippen LogP contribution in [0.25, 0.3) is 0 Å². The van der Waals surface area contributed by atoms with Crippen LogP contribution in [0.15, 0.2) is 53.4 Å². The molecule has 0 bridgehead atoms. The smallest absolute Gasteiger partial charge is 0.322 e. The molecule has 4 nitrogen and oxygen atoms in total. The lowest BCUT2D eigenvalue weighted by atomic mass is 10.2. The van der Waals surface area contributed by atoms with Gasteiger partial charge in [-0.3, -0.25) is 9.59 Å². The minimum Gasteiger partial charge on any atom is -0.322 e. The minimum absolute atomic E-state index is 0.0172. The van der Waals surface area contributed by atoms with Crippen LogP contribution < -0.4 is 10.2 Å². The summed E-state index contributed by atoms with van der Waals surface area (Å²) in [5.74, 6) is -0.385. The van der Waals surface area contributed by atoms with Gasteiger partial charge in [-0.1, -0.05) is 6.07 Å². The molecule has 136 valence electrons. The molecule has 1 fully saturated rings. The predicted octanol–water partition coefficient (Wildman–Crippen LogP) is 4.68. The van der Waals surface area contributed by atoms with Crippen molar-refractivity contribution in [1.29, 1.82) is 0 Å². The van der Waals surface area contributed by atoms with E-state index in [-0.39, 0.29) is 28.1 Å². The van der Waals surface area contributed by atoms with E-state index < -0.39 is 11.4 Å². The number of amides is 2. The molecule has 1 aliphatic heterocycles. The molecule has 1 aliphatic rings. The van der Waals surface area contributed by atoms with Crippen molar-refractivity contribution in [3.8, 4) is 0 Å². The molecule has 0 aromatic heterocycles. The van der Waals surface area contributed by atoms with Crippen molar-refractivity contribution in [3.05, 3.63) is 54.1 Å². The Hall–Kier alpha value is -2.48. The first-order valence-corrected chi connectivity index (χ1v) is 8.71. The molecule has 0 unspecified atom stereocenters. The first-order chi connectivity index (χ1) is 12.3. The quantitative estimate of drug-likeness (QED) is 0.784. The summed E-state index contributed by atoms with van der Waals surface area (Å²) in [7, 11) is 0. The number of rotatable bonds is 4. The number of alkyl halides is 3. The van der Waals surface area contributed by atoms with Crippen LogP contribution in [0.4, 0.5) is 24.5 Å². The zero-order valence-electron chi connectivity index (χ0n) is 13.5. The fraction of sp³-hybridized carbons (Fsp3) is 0.222. The van der Waals surface area contributed by atoms with Crippen LogP contribution in [0, 0.1) is 0 Å². The summed E-state index contributed by atoms with van der Waals surface area (Å²) in [6.45, 7) is 0.647. The van der Waals surface area contributed by atoms with E-state index in [0.29, 0.717) is 24.3 Å². The maximum atomic E-state index is 12.3. The summed E-state index contributed by atoms with van der Waals surface area (Å²) in [6, 6.07) is 12.1. The number of carbonyl (C=O) groups excluding carboxylic acids is 2. The third kappa shape index (κ3) is 4.57. The molecule has 8 heteroatoms. The van der Waals surface area contributed by atoms with Gasteiger partial charge in [0.25, 0.3) is 5.91 Å². The zero-order chi connectivity index (χ0) is 18.7. The van der Waals surface area contributed by atoms with Crippen LogP contribution in [0.3, 0.4) is 0 Å². The van der Waals surface area contributed by atoms with Crippen LogP contribution in [0.2, 0.25) is 0 Å². The van der Waals surface area contributed by atoms with Crippen molar-refractivity contribution in [2.75, 3.05) is 16.8 Å². The molecule has 0 spiro atoms. The van der Waals surface area contributed by atoms with Gasteiger partial charge in [-0.2, -0.15) is 13.2 Å². The highest BCUT2D eigenvalue weighted by molar-refractivity contribution is 8.00. The molecule has 2 aromatic rings. The van der Waals surface area contributed by atoms with Gasteiger partial charge in [0.2, 0.25) is 5.91 Å². The Kier molecular flexibility index (Phi) is 5.22. The normalized spacial score (nSPS) is 14.6.